The molecule has 0 heterocycles. The second-order valence-corrected chi connectivity index (χ2v) is 6.24. The summed E-state index contributed by atoms with van der Waals surface area (Å²) in [4.78, 5) is 11.3. The van der Waals surface area contributed by atoms with E-state index in [1.54, 1.807) is 24.3 Å². The second-order valence-electron chi connectivity index (χ2n) is 6.24. The van der Waals surface area contributed by atoms with E-state index >= 15 is 0 Å². The number of carbonyl (C=O) groups is 1. The smallest absolute Gasteiger partial charge is 0.335 e. The number of carboxylic acids is 1. The number of phenolic OH excluding ortho intramolecular Hbond substituents is 1. The number of hydrogen-bond acceptors (Lipinski definition) is 2. The number of aromatic hydroxyl groups is 1. The van der Waals surface area contributed by atoms with Gasteiger partial charge >= 0.3 is 5.97 Å². The lowest BCUT2D eigenvalue weighted by Crippen LogP contribution is -2.00. The largest absolute Gasteiger partial charge is 0.508 e. The molecule has 128 valence electrons. The van der Waals surface area contributed by atoms with Gasteiger partial charge in [0.15, 0.2) is 0 Å². The molecule has 2 aromatic carbocycles. The van der Waals surface area contributed by atoms with E-state index in [0.29, 0.717) is 5.56 Å². The number of hydrogen-bond donors (Lipinski definition) is 2. The van der Waals surface area contributed by atoms with Crippen molar-refractivity contribution in [3.8, 4) is 16.9 Å². The summed E-state index contributed by atoms with van der Waals surface area (Å²) in [5.74, 6) is -0.658. The highest BCUT2D eigenvalue weighted by atomic mass is 16.4. The predicted molar refractivity (Wildman–Crippen MR) is 97.6 cm³/mol. The fourth-order valence-electron chi connectivity index (χ4n) is 2.95. The van der Waals surface area contributed by atoms with E-state index in [4.69, 9.17) is 0 Å². The first kappa shape index (κ1) is 18.1. The van der Waals surface area contributed by atoms with Gasteiger partial charge in [-0.05, 0) is 53.8 Å². The Hall–Kier alpha value is -2.29. The Kier molecular flexibility index (Phi) is 6.86. The maximum absolute atomic E-state index is 11.3. The molecular formula is C21H26O3. The van der Waals surface area contributed by atoms with E-state index < -0.39 is 5.97 Å². The van der Waals surface area contributed by atoms with Gasteiger partial charge < -0.3 is 10.2 Å². The lowest BCUT2D eigenvalue weighted by Gasteiger charge is -2.11. The lowest BCUT2D eigenvalue weighted by molar-refractivity contribution is 0.0697. The van der Waals surface area contributed by atoms with Crippen LogP contribution in [0.3, 0.4) is 0 Å². The average molecular weight is 326 g/mol. The Morgan fingerprint density at radius 2 is 1.58 bits per heavy atom. The molecule has 0 saturated carbocycles. The molecule has 0 atom stereocenters. The van der Waals surface area contributed by atoms with Crippen LogP contribution in [0.15, 0.2) is 42.5 Å². The first-order valence-electron chi connectivity index (χ1n) is 8.77. The van der Waals surface area contributed by atoms with Gasteiger partial charge in [-0.2, -0.15) is 0 Å². The number of phenols is 1. The molecule has 24 heavy (non-hydrogen) atoms. The summed E-state index contributed by atoms with van der Waals surface area (Å²) in [6.07, 6.45) is 8.16. The molecule has 2 aromatic rings. The first-order chi connectivity index (χ1) is 11.6. The molecule has 3 nitrogen and oxygen atoms in total. The Morgan fingerprint density at radius 1 is 0.917 bits per heavy atom. The van der Waals surface area contributed by atoms with Crippen LogP contribution in [-0.4, -0.2) is 16.2 Å². The predicted octanol–water partition coefficient (Wildman–Crippen LogP) is 5.66. The van der Waals surface area contributed by atoms with Gasteiger partial charge in [-0.25, -0.2) is 4.79 Å². The molecular weight excluding hydrogens is 300 g/mol. The highest BCUT2D eigenvalue weighted by molar-refractivity contribution is 5.89. The number of aryl methyl sites for hydroxylation is 1. The van der Waals surface area contributed by atoms with Crippen LogP contribution >= 0.6 is 0 Å². The van der Waals surface area contributed by atoms with Crippen LogP contribution in [-0.2, 0) is 6.42 Å². The van der Waals surface area contributed by atoms with Crippen molar-refractivity contribution in [1.82, 2.24) is 0 Å². The summed E-state index contributed by atoms with van der Waals surface area (Å²) in [5, 5.41) is 18.7. The third kappa shape index (κ3) is 5.12. The van der Waals surface area contributed by atoms with Gasteiger partial charge in [0.25, 0.3) is 0 Å². The van der Waals surface area contributed by atoms with Crippen molar-refractivity contribution in [2.24, 2.45) is 0 Å². The van der Waals surface area contributed by atoms with Gasteiger partial charge in [-0.15, -0.1) is 0 Å². The number of carboxylic acid groups (broad SMARTS) is 1. The Labute approximate surface area is 144 Å². The second kappa shape index (κ2) is 9.11. The minimum atomic E-state index is -0.892. The quantitative estimate of drug-likeness (QED) is 0.584. The monoisotopic (exact) mass is 326 g/mol. The molecule has 0 aliphatic carbocycles. The molecule has 0 radical (unpaired) electrons. The molecule has 0 spiro atoms. The van der Waals surface area contributed by atoms with Gasteiger partial charge in [0.2, 0.25) is 0 Å². The topological polar surface area (TPSA) is 57.5 Å². The van der Waals surface area contributed by atoms with Gasteiger partial charge in [-0.1, -0.05) is 57.2 Å². The molecule has 0 aliphatic rings. The molecule has 0 aliphatic heterocycles. The van der Waals surface area contributed by atoms with Gasteiger partial charge in [0.1, 0.15) is 5.75 Å². The minimum Gasteiger partial charge on any atom is -0.508 e. The van der Waals surface area contributed by atoms with E-state index in [1.807, 2.05) is 18.2 Å². The Balaban J connectivity index is 2.14. The van der Waals surface area contributed by atoms with E-state index in [0.717, 1.165) is 29.5 Å². The zero-order valence-electron chi connectivity index (χ0n) is 14.3. The molecule has 2 N–H and O–H groups in total. The highest BCUT2D eigenvalue weighted by Gasteiger charge is 2.10. The van der Waals surface area contributed by atoms with Crippen LogP contribution in [0.4, 0.5) is 0 Å². The maximum Gasteiger partial charge on any atom is 0.335 e. The molecule has 0 unspecified atom stereocenters. The van der Waals surface area contributed by atoms with Crippen molar-refractivity contribution in [3.63, 3.8) is 0 Å². The molecule has 0 bridgehead atoms. The van der Waals surface area contributed by atoms with Crippen molar-refractivity contribution in [1.29, 1.82) is 0 Å². The van der Waals surface area contributed by atoms with Gasteiger partial charge in [0, 0.05) is 0 Å². The molecule has 3 heteroatoms. The average Bonchev–Trinajstić information content (AvgIpc) is 2.58. The van der Waals surface area contributed by atoms with Crippen molar-refractivity contribution in [3.05, 3.63) is 53.6 Å². The lowest BCUT2D eigenvalue weighted by atomic mass is 9.93. The van der Waals surface area contributed by atoms with Crippen molar-refractivity contribution in [2.45, 2.75) is 51.9 Å². The van der Waals surface area contributed by atoms with E-state index in [-0.39, 0.29) is 5.75 Å². The third-order valence-corrected chi connectivity index (χ3v) is 4.33. The standard InChI is InChI=1S/C21H26O3/c1-2-3-4-5-6-7-8-17-15-18(21(23)24)11-14-20(17)16-9-12-19(22)13-10-16/h9-15,22H,2-8H2,1H3,(H,23,24). The van der Waals surface area contributed by atoms with E-state index in [2.05, 4.69) is 6.92 Å². The van der Waals surface area contributed by atoms with Crippen LogP contribution in [0, 0.1) is 0 Å². The van der Waals surface area contributed by atoms with Crippen LogP contribution in [0.2, 0.25) is 0 Å². The van der Waals surface area contributed by atoms with Gasteiger partial charge in [-0.3, -0.25) is 0 Å². The summed E-state index contributed by atoms with van der Waals surface area (Å²) in [7, 11) is 0. The summed E-state index contributed by atoms with van der Waals surface area (Å²) >= 11 is 0. The van der Waals surface area contributed by atoms with E-state index in [9.17, 15) is 15.0 Å². The SMILES string of the molecule is CCCCCCCCc1cc(C(=O)O)ccc1-c1ccc(O)cc1. The summed E-state index contributed by atoms with van der Waals surface area (Å²) < 4.78 is 0. The first-order valence-corrected chi connectivity index (χ1v) is 8.77. The fourth-order valence-corrected chi connectivity index (χ4v) is 2.95. The van der Waals surface area contributed by atoms with Crippen LogP contribution in [0.25, 0.3) is 11.1 Å². The normalized spacial score (nSPS) is 10.7. The van der Waals surface area contributed by atoms with Crippen LogP contribution in [0.5, 0.6) is 5.75 Å². The fraction of sp³-hybridized carbons (Fsp3) is 0.381. The van der Waals surface area contributed by atoms with Crippen molar-refractivity contribution >= 4 is 5.97 Å². The van der Waals surface area contributed by atoms with Crippen molar-refractivity contribution < 1.29 is 15.0 Å². The summed E-state index contributed by atoms with van der Waals surface area (Å²) in [5.41, 5.74) is 3.45. The molecule has 0 fully saturated rings. The van der Waals surface area contributed by atoms with Crippen molar-refractivity contribution in [2.75, 3.05) is 0 Å². The van der Waals surface area contributed by atoms with Gasteiger partial charge in [0.05, 0.1) is 5.56 Å². The van der Waals surface area contributed by atoms with Crippen LogP contribution in [0.1, 0.15) is 61.4 Å². The maximum atomic E-state index is 11.3. The highest BCUT2D eigenvalue weighted by Crippen LogP contribution is 2.28. The summed E-state index contributed by atoms with van der Waals surface area (Å²) in [6, 6.07) is 12.4. The minimum absolute atomic E-state index is 0.235. The number of aromatic carboxylic acids is 1. The molecule has 0 amide bonds. The Morgan fingerprint density at radius 3 is 2.25 bits per heavy atom. The third-order valence-electron chi connectivity index (χ3n) is 4.33. The van der Waals surface area contributed by atoms with Crippen LogP contribution < -0.4 is 0 Å². The Bertz CT molecular complexity index is 659. The molecule has 0 aromatic heterocycles. The zero-order valence-corrected chi connectivity index (χ0v) is 14.3. The number of unbranched alkanes of at least 4 members (excludes halogenated alkanes) is 5. The zero-order chi connectivity index (χ0) is 17.4. The number of benzene rings is 2. The molecule has 2 rings (SSSR count). The van der Waals surface area contributed by atoms with E-state index in [1.165, 1.54) is 32.1 Å². The summed E-state index contributed by atoms with van der Waals surface area (Å²) in [6.45, 7) is 2.21. The molecule has 0 saturated heterocycles. The number of rotatable bonds is 9.